The van der Waals surface area contributed by atoms with Gasteiger partial charge in [0.15, 0.2) is 11.5 Å². The van der Waals surface area contributed by atoms with Crippen LogP contribution in [-0.4, -0.2) is 43.9 Å². The molecule has 5 nitrogen and oxygen atoms in total. The van der Waals surface area contributed by atoms with Crippen LogP contribution in [0, 0.1) is 5.92 Å². The van der Waals surface area contributed by atoms with Gasteiger partial charge in [-0.2, -0.15) is 0 Å². The van der Waals surface area contributed by atoms with Crippen LogP contribution in [0.25, 0.3) is 0 Å². The van der Waals surface area contributed by atoms with Crippen molar-refractivity contribution < 1.29 is 14.2 Å². The van der Waals surface area contributed by atoms with Gasteiger partial charge in [-0.15, -0.1) is 0 Å². The summed E-state index contributed by atoms with van der Waals surface area (Å²) in [6.07, 6.45) is 2.96. The maximum absolute atomic E-state index is 5.60. The topological polar surface area (TPSA) is 43.8 Å². The Balaban J connectivity index is 1.79. The highest BCUT2D eigenvalue weighted by Crippen LogP contribution is 2.32. The average molecular weight is 342 g/mol. The summed E-state index contributed by atoms with van der Waals surface area (Å²) < 4.78 is 16.6. The largest absolute Gasteiger partial charge is 0.493 e. The van der Waals surface area contributed by atoms with Crippen molar-refractivity contribution in [3.63, 3.8) is 0 Å². The zero-order chi connectivity index (χ0) is 17.5. The fraction of sp³-hybridized carbons (Fsp3) is 0.450. The number of para-hydroxylation sites is 1. The maximum atomic E-state index is 5.60. The summed E-state index contributed by atoms with van der Waals surface area (Å²) in [6.45, 7) is 4.28. The number of nitrogens with zero attached hydrogens (tertiary/aromatic N) is 2. The van der Waals surface area contributed by atoms with Crippen LogP contribution in [0.1, 0.15) is 17.7 Å². The Morgan fingerprint density at radius 3 is 2.72 bits per heavy atom. The van der Waals surface area contributed by atoms with Crippen LogP contribution in [0.15, 0.2) is 42.6 Å². The number of benzene rings is 1. The van der Waals surface area contributed by atoms with Gasteiger partial charge in [0.2, 0.25) is 0 Å². The standard InChI is InChI=1S/C20H26N2O3/c1-23-19-8-5-6-17(20(19)24-2)13-22(12-16-9-11-25-15-16)14-18-7-3-4-10-21-18/h3-8,10,16H,9,11-15H2,1-2H3/t16-/m0/s1. The van der Waals surface area contributed by atoms with Gasteiger partial charge >= 0.3 is 0 Å². The smallest absolute Gasteiger partial charge is 0.165 e. The summed E-state index contributed by atoms with van der Waals surface area (Å²) >= 11 is 0. The van der Waals surface area contributed by atoms with Gasteiger partial charge in [0.1, 0.15) is 0 Å². The molecule has 3 rings (SSSR count). The third kappa shape index (κ3) is 4.71. The summed E-state index contributed by atoms with van der Waals surface area (Å²) in [5, 5.41) is 0. The van der Waals surface area contributed by atoms with Gasteiger partial charge < -0.3 is 14.2 Å². The lowest BCUT2D eigenvalue weighted by atomic mass is 10.1. The predicted molar refractivity (Wildman–Crippen MR) is 96.8 cm³/mol. The zero-order valence-electron chi connectivity index (χ0n) is 15.0. The Labute approximate surface area is 149 Å². The molecule has 1 aromatic carbocycles. The molecule has 2 heterocycles. The van der Waals surface area contributed by atoms with E-state index in [0.717, 1.165) is 62.0 Å². The monoisotopic (exact) mass is 342 g/mol. The van der Waals surface area contributed by atoms with Crippen LogP contribution < -0.4 is 9.47 Å². The number of aromatic nitrogens is 1. The molecular formula is C20H26N2O3. The zero-order valence-corrected chi connectivity index (χ0v) is 15.0. The molecule has 1 saturated heterocycles. The van der Waals surface area contributed by atoms with Gasteiger partial charge in [-0.3, -0.25) is 9.88 Å². The molecular weight excluding hydrogens is 316 g/mol. The van der Waals surface area contributed by atoms with Gasteiger partial charge in [0, 0.05) is 38.0 Å². The lowest BCUT2D eigenvalue weighted by Gasteiger charge is -2.26. The van der Waals surface area contributed by atoms with Crippen molar-refractivity contribution in [1.29, 1.82) is 0 Å². The summed E-state index contributed by atoms with van der Waals surface area (Å²) in [7, 11) is 3.36. The van der Waals surface area contributed by atoms with E-state index in [0.29, 0.717) is 5.92 Å². The molecule has 1 atom stereocenters. The van der Waals surface area contributed by atoms with Gasteiger partial charge in [-0.25, -0.2) is 0 Å². The Bertz CT molecular complexity index is 657. The van der Waals surface area contributed by atoms with E-state index in [1.54, 1.807) is 14.2 Å². The molecule has 1 aromatic heterocycles. The van der Waals surface area contributed by atoms with Gasteiger partial charge in [-0.05, 0) is 30.5 Å². The maximum Gasteiger partial charge on any atom is 0.165 e. The molecule has 0 amide bonds. The van der Waals surface area contributed by atoms with E-state index >= 15 is 0 Å². The Morgan fingerprint density at radius 2 is 2.04 bits per heavy atom. The van der Waals surface area contributed by atoms with Crippen LogP contribution in [0.5, 0.6) is 11.5 Å². The molecule has 0 saturated carbocycles. The van der Waals surface area contributed by atoms with Crippen molar-refractivity contribution in [2.75, 3.05) is 34.0 Å². The van der Waals surface area contributed by atoms with E-state index in [-0.39, 0.29) is 0 Å². The van der Waals surface area contributed by atoms with Crippen LogP contribution in [-0.2, 0) is 17.8 Å². The van der Waals surface area contributed by atoms with E-state index in [4.69, 9.17) is 14.2 Å². The number of methoxy groups -OCH3 is 2. The first-order chi connectivity index (χ1) is 12.3. The highest BCUT2D eigenvalue weighted by Gasteiger charge is 2.21. The second-order valence-corrected chi connectivity index (χ2v) is 6.37. The molecule has 0 N–H and O–H groups in total. The molecule has 0 unspecified atom stereocenters. The fourth-order valence-corrected chi connectivity index (χ4v) is 3.32. The summed E-state index contributed by atoms with van der Waals surface area (Å²) in [5.74, 6) is 2.14. The number of pyridine rings is 1. The second kappa shape index (κ2) is 8.83. The van der Waals surface area contributed by atoms with E-state index in [1.165, 1.54) is 0 Å². The first kappa shape index (κ1) is 17.7. The predicted octanol–water partition coefficient (Wildman–Crippen LogP) is 3.14. The number of hydrogen-bond acceptors (Lipinski definition) is 5. The first-order valence-electron chi connectivity index (χ1n) is 8.70. The van der Waals surface area contributed by atoms with Crippen molar-refractivity contribution in [2.45, 2.75) is 19.5 Å². The van der Waals surface area contributed by atoms with Gasteiger partial charge in [0.05, 0.1) is 26.5 Å². The van der Waals surface area contributed by atoms with Crippen molar-refractivity contribution in [1.82, 2.24) is 9.88 Å². The fourth-order valence-electron chi connectivity index (χ4n) is 3.32. The molecule has 1 aliphatic heterocycles. The summed E-state index contributed by atoms with van der Waals surface area (Å²) in [6, 6.07) is 12.1. The molecule has 0 aliphatic carbocycles. The van der Waals surface area contributed by atoms with Crippen LogP contribution in [0.2, 0.25) is 0 Å². The van der Waals surface area contributed by atoms with Gasteiger partial charge in [-0.1, -0.05) is 18.2 Å². The molecule has 0 radical (unpaired) electrons. The van der Waals surface area contributed by atoms with Gasteiger partial charge in [0.25, 0.3) is 0 Å². The summed E-state index contributed by atoms with van der Waals surface area (Å²) in [4.78, 5) is 6.90. The van der Waals surface area contributed by atoms with E-state index in [2.05, 4.69) is 22.0 Å². The molecule has 134 valence electrons. The summed E-state index contributed by atoms with van der Waals surface area (Å²) in [5.41, 5.74) is 2.19. The molecule has 1 fully saturated rings. The van der Waals surface area contributed by atoms with Crippen molar-refractivity contribution in [2.24, 2.45) is 5.92 Å². The first-order valence-corrected chi connectivity index (χ1v) is 8.70. The number of hydrogen-bond donors (Lipinski definition) is 0. The lowest BCUT2D eigenvalue weighted by molar-refractivity contribution is 0.160. The third-order valence-corrected chi connectivity index (χ3v) is 4.53. The SMILES string of the molecule is COc1cccc(CN(Cc2ccccn2)C[C@@H]2CCOC2)c1OC. The number of rotatable bonds is 8. The quantitative estimate of drug-likeness (QED) is 0.737. The Morgan fingerprint density at radius 1 is 1.12 bits per heavy atom. The van der Waals surface area contributed by atoms with Crippen LogP contribution in [0.4, 0.5) is 0 Å². The molecule has 2 aromatic rings. The highest BCUT2D eigenvalue weighted by molar-refractivity contribution is 5.46. The molecule has 5 heteroatoms. The van der Waals surface area contributed by atoms with E-state index in [1.807, 2.05) is 30.5 Å². The minimum Gasteiger partial charge on any atom is -0.493 e. The molecule has 0 bridgehead atoms. The molecule has 0 spiro atoms. The molecule has 25 heavy (non-hydrogen) atoms. The second-order valence-electron chi connectivity index (χ2n) is 6.37. The number of ether oxygens (including phenoxy) is 3. The van der Waals surface area contributed by atoms with E-state index in [9.17, 15) is 0 Å². The van der Waals surface area contributed by atoms with Crippen molar-refractivity contribution in [3.8, 4) is 11.5 Å². The normalized spacial score (nSPS) is 17.0. The third-order valence-electron chi connectivity index (χ3n) is 4.53. The highest BCUT2D eigenvalue weighted by atomic mass is 16.5. The minimum absolute atomic E-state index is 0.570. The lowest BCUT2D eigenvalue weighted by Crippen LogP contribution is -2.29. The van der Waals surface area contributed by atoms with E-state index < -0.39 is 0 Å². The van der Waals surface area contributed by atoms with Crippen LogP contribution in [0.3, 0.4) is 0 Å². The molecule has 1 aliphatic rings. The van der Waals surface area contributed by atoms with Crippen molar-refractivity contribution in [3.05, 3.63) is 53.9 Å². The average Bonchev–Trinajstić information content (AvgIpc) is 3.15. The van der Waals surface area contributed by atoms with Crippen LogP contribution >= 0.6 is 0 Å². The minimum atomic E-state index is 0.570. The Kier molecular flexibility index (Phi) is 6.25. The van der Waals surface area contributed by atoms with Crippen molar-refractivity contribution >= 4 is 0 Å². The Hall–Kier alpha value is -2.11.